The van der Waals surface area contributed by atoms with E-state index in [0.717, 1.165) is 28.6 Å². The fourth-order valence-corrected chi connectivity index (χ4v) is 3.27. The average Bonchev–Trinajstić information content (AvgIpc) is 3.26. The van der Waals surface area contributed by atoms with Crippen LogP contribution in [0.15, 0.2) is 77.2 Å². The summed E-state index contributed by atoms with van der Waals surface area (Å²) in [5.74, 6) is 0.965. The first-order valence-electron chi connectivity index (χ1n) is 10.4. The third-order valence-electron chi connectivity index (χ3n) is 4.74. The summed E-state index contributed by atoms with van der Waals surface area (Å²) >= 11 is 5.27. The molecule has 0 spiro atoms. The lowest BCUT2D eigenvalue weighted by molar-refractivity contribution is 0.0976. The van der Waals surface area contributed by atoms with Gasteiger partial charge in [-0.2, -0.15) is 0 Å². The Balaban J connectivity index is 1.31. The minimum Gasteiger partial charge on any atom is -0.494 e. The fourth-order valence-electron chi connectivity index (χ4n) is 3.11. The van der Waals surface area contributed by atoms with E-state index in [1.54, 1.807) is 18.2 Å². The van der Waals surface area contributed by atoms with Crippen LogP contribution in [0, 0.1) is 0 Å². The zero-order chi connectivity index (χ0) is 22.3. The topological polar surface area (TPSA) is 76.4 Å². The van der Waals surface area contributed by atoms with Gasteiger partial charge in [-0.05, 0) is 66.7 Å². The second-order valence-electron chi connectivity index (χ2n) is 7.20. The molecule has 3 aromatic carbocycles. The smallest absolute Gasteiger partial charge is 0.257 e. The summed E-state index contributed by atoms with van der Waals surface area (Å²) in [6.45, 7) is 3.12. The summed E-state index contributed by atoms with van der Waals surface area (Å²) < 4.78 is 11.4. The van der Waals surface area contributed by atoms with Crippen LogP contribution >= 0.6 is 12.2 Å². The lowest BCUT2D eigenvalue weighted by atomic mass is 10.1. The number of amides is 1. The van der Waals surface area contributed by atoms with Crippen molar-refractivity contribution in [1.82, 2.24) is 15.6 Å². The molecule has 162 valence electrons. The Morgan fingerprint density at radius 3 is 2.66 bits per heavy atom. The fraction of sp³-hybridized carbons (Fsp3) is 0.160. The van der Waals surface area contributed by atoms with Crippen LogP contribution in [0.1, 0.15) is 29.3 Å². The number of nitrogens with one attached hydrogen (secondary N) is 2. The lowest BCUT2D eigenvalue weighted by Gasteiger charge is -2.11. The molecule has 0 aliphatic heterocycles. The maximum Gasteiger partial charge on any atom is 0.257 e. The molecular formula is C25H23N3O3S. The highest BCUT2D eigenvalue weighted by Gasteiger charge is 2.10. The van der Waals surface area contributed by atoms with Crippen LogP contribution in [0.4, 0.5) is 0 Å². The molecule has 2 N–H and O–H groups in total. The molecule has 0 saturated carbocycles. The highest BCUT2D eigenvalue weighted by molar-refractivity contribution is 7.80. The lowest BCUT2D eigenvalue weighted by Crippen LogP contribution is -2.38. The molecule has 0 saturated heterocycles. The first-order chi connectivity index (χ1) is 15.6. The van der Waals surface area contributed by atoms with Crippen molar-refractivity contribution in [1.29, 1.82) is 0 Å². The van der Waals surface area contributed by atoms with E-state index in [-0.39, 0.29) is 11.0 Å². The van der Waals surface area contributed by atoms with Gasteiger partial charge in [0.25, 0.3) is 5.91 Å². The molecule has 7 heteroatoms. The quantitative estimate of drug-likeness (QED) is 0.386. The molecule has 0 atom stereocenters. The van der Waals surface area contributed by atoms with Crippen LogP contribution in [-0.4, -0.2) is 22.6 Å². The summed E-state index contributed by atoms with van der Waals surface area (Å²) in [5, 5.41) is 6.02. The Bertz CT molecular complexity index is 1200. The van der Waals surface area contributed by atoms with Gasteiger partial charge < -0.3 is 14.5 Å². The number of benzene rings is 3. The number of ether oxygens (including phenoxy) is 1. The molecule has 0 fully saturated rings. The van der Waals surface area contributed by atoms with Gasteiger partial charge in [0.2, 0.25) is 5.89 Å². The molecule has 0 radical (unpaired) electrons. The van der Waals surface area contributed by atoms with E-state index in [1.807, 2.05) is 61.5 Å². The molecule has 0 aliphatic carbocycles. The van der Waals surface area contributed by atoms with Crippen LogP contribution in [0.3, 0.4) is 0 Å². The largest absolute Gasteiger partial charge is 0.494 e. The Labute approximate surface area is 191 Å². The molecule has 32 heavy (non-hydrogen) atoms. The van der Waals surface area contributed by atoms with Gasteiger partial charge in [0.05, 0.1) is 6.61 Å². The second kappa shape index (κ2) is 10.1. The van der Waals surface area contributed by atoms with E-state index in [9.17, 15) is 4.79 Å². The summed E-state index contributed by atoms with van der Waals surface area (Å²) in [4.78, 5) is 17.0. The highest BCUT2D eigenvalue weighted by Crippen LogP contribution is 2.24. The Morgan fingerprint density at radius 1 is 1.06 bits per heavy atom. The maximum atomic E-state index is 12.5. The number of carbonyl (C=O) groups excluding carboxylic acids is 1. The standard InChI is InChI=1S/C25H23N3O3S/c1-2-14-30-20-7-5-6-19(15-20)23(29)28-25(32)26-16-17-10-12-18(13-11-17)24-27-21-8-3-4-9-22(21)31-24/h3-13,15H,2,14,16H2,1H3,(H2,26,28,29,32). The third kappa shape index (κ3) is 5.31. The number of oxazole rings is 1. The molecule has 4 aromatic rings. The molecule has 0 unspecified atom stereocenters. The molecule has 0 bridgehead atoms. The number of para-hydroxylation sites is 2. The first-order valence-corrected chi connectivity index (χ1v) is 10.8. The van der Waals surface area contributed by atoms with Crippen molar-refractivity contribution in [3.8, 4) is 17.2 Å². The second-order valence-corrected chi connectivity index (χ2v) is 7.61. The van der Waals surface area contributed by atoms with Crippen molar-refractivity contribution in [3.63, 3.8) is 0 Å². The van der Waals surface area contributed by atoms with Gasteiger partial charge >= 0.3 is 0 Å². The number of hydrogen-bond donors (Lipinski definition) is 2. The van der Waals surface area contributed by atoms with Crippen LogP contribution in [0.25, 0.3) is 22.6 Å². The van der Waals surface area contributed by atoms with Crippen molar-refractivity contribution in [2.75, 3.05) is 6.61 Å². The van der Waals surface area contributed by atoms with Gasteiger partial charge in [0, 0.05) is 17.7 Å². The van der Waals surface area contributed by atoms with Crippen LogP contribution in [-0.2, 0) is 6.54 Å². The maximum absolute atomic E-state index is 12.5. The Kier molecular flexibility index (Phi) is 6.77. The molecule has 6 nitrogen and oxygen atoms in total. The first kappa shape index (κ1) is 21.5. The number of hydrogen-bond acceptors (Lipinski definition) is 5. The van der Waals surface area contributed by atoms with E-state index in [0.29, 0.717) is 30.4 Å². The van der Waals surface area contributed by atoms with E-state index in [4.69, 9.17) is 21.4 Å². The zero-order valence-corrected chi connectivity index (χ0v) is 18.4. The van der Waals surface area contributed by atoms with Crippen LogP contribution in [0.5, 0.6) is 5.75 Å². The van der Waals surface area contributed by atoms with Gasteiger partial charge in [0.15, 0.2) is 10.7 Å². The van der Waals surface area contributed by atoms with Gasteiger partial charge in [-0.25, -0.2) is 4.98 Å². The minimum absolute atomic E-state index is 0.262. The molecule has 1 aromatic heterocycles. The predicted octanol–water partition coefficient (Wildman–Crippen LogP) is 5.09. The Morgan fingerprint density at radius 2 is 1.88 bits per heavy atom. The SMILES string of the molecule is CCCOc1cccc(C(=O)NC(=S)NCc2ccc(-c3nc4ccccc4o3)cc2)c1. The van der Waals surface area contributed by atoms with Crippen molar-refractivity contribution in [3.05, 3.63) is 83.9 Å². The zero-order valence-electron chi connectivity index (χ0n) is 17.6. The minimum atomic E-state index is -0.282. The Hall–Kier alpha value is -3.71. The van der Waals surface area contributed by atoms with Crippen LogP contribution < -0.4 is 15.4 Å². The van der Waals surface area contributed by atoms with Crippen molar-refractivity contribution in [2.45, 2.75) is 19.9 Å². The number of nitrogens with zero attached hydrogens (tertiary/aromatic N) is 1. The van der Waals surface area contributed by atoms with Crippen molar-refractivity contribution in [2.24, 2.45) is 0 Å². The van der Waals surface area contributed by atoms with E-state index >= 15 is 0 Å². The predicted molar refractivity (Wildman–Crippen MR) is 129 cm³/mol. The van der Waals surface area contributed by atoms with Gasteiger partial charge in [0.1, 0.15) is 11.3 Å². The normalized spacial score (nSPS) is 10.7. The highest BCUT2D eigenvalue weighted by atomic mass is 32.1. The number of aromatic nitrogens is 1. The van der Waals surface area contributed by atoms with Gasteiger partial charge in [-0.15, -0.1) is 0 Å². The van der Waals surface area contributed by atoms with Gasteiger partial charge in [-0.1, -0.05) is 37.3 Å². The molecule has 0 aliphatic rings. The van der Waals surface area contributed by atoms with E-state index in [1.165, 1.54) is 0 Å². The van der Waals surface area contributed by atoms with Crippen molar-refractivity contribution < 1.29 is 13.9 Å². The van der Waals surface area contributed by atoms with E-state index in [2.05, 4.69) is 15.6 Å². The number of fused-ring (bicyclic) bond motifs is 1. The molecule has 1 amide bonds. The summed E-state index contributed by atoms with van der Waals surface area (Å²) in [7, 11) is 0. The number of thiocarbonyl (C=S) groups is 1. The molecule has 1 heterocycles. The summed E-state index contributed by atoms with van der Waals surface area (Å²) in [6.07, 6.45) is 0.903. The van der Waals surface area contributed by atoms with Gasteiger partial charge in [-0.3, -0.25) is 10.1 Å². The summed E-state index contributed by atoms with van der Waals surface area (Å²) in [5.41, 5.74) is 3.99. The van der Waals surface area contributed by atoms with Crippen molar-refractivity contribution >= 4 is 34.3 Å². The molecule has 4 rings (SSSR count). The van der Waals surface area contributed by atoms with Crippen LogP contribution in [0.2, 0.25) is 0 Å². The average molecular weight is 446 g/mol. The number of carbonyl (C=O) groups is 1. The third-order valence-corrected chi connectivity index (χ3v) is 4.99. The molecular weight excluding hydrogens is 422 g/mol. The monoisotopic (exact) mass is 445 g/mol. The number of rotatable bonds is 7. The van der Waals surface area contributed by atoms with E-state index < -0.39 is 0 Å². The summed E-state index contributed by atoms with van der Waals surface area (Å²) in [6, 6.07) is 22.6.